The molecule has 0 bridgehead atoms. The lowest BCUT2D eigenvalue weighted by Gasteiger charge is -2.12. The van der Waals surface area contributed by atoms with E-state index in [1.54, 1.807) is 6.08 Å². The fourth-order valence-electron chi connectivity index (χ4n) is 5.43. The Morgan fingerprint density at radius 3 is 1.51 bits per heavy atom. The van der Waals surface area contributed by atoms with E-state index in [-0.39, 0.29) is 31.6 Å². The fraction of sp³-hybridized carbons (Fsp3) is 0.689. The first kappa shape index (κ1) is 48.3. The molecule has 6 heteroatoms. The predicted molar refractivity (Wildman–Crippen MR) is 216 cm³/mol. The van der Waals surface area contributed by atoms with Gasteiger partial charge in [0.15, 0.2) is 0 Å². The van der Waals surface area contributed by atoms with Crippen LogP contribution in [0.15, 0.2) is 72.9 Å². The zero-order valence-electron chi connectivity index (χ0n) is 32.7. The maximum atomic E-state index is 12.0. The summed E-state index contributed by atoms with van der Waals surface area (Å²) >= 11 is 0. The molecule has 0 aromatic carbocycles. The molecule has 0 aliphatic carbocycles. The van der Waals surface area contributed by atoms with Crippen LogP contribution < -0.4 is 0 Å². The highest BCUT2D eigenvalue weighted by molar-refractivity contribution is 5.70. The number of esters is 2. The minimum absolute atomic E-state index is 0.153. The number of rotatable bonds is 36. The van der Waals surface area contributed by atoms with Gasteiger partial charge in [-0.2, -0.15) is 0 Å². The Morgan fingerprint density at radius 1 is 0.510 bits per heavy atom. The molecule has 6 nitrogen and oxygen atoms in total. The van der Waals surface area contributed by atoms with Crippen LogP contribution in [0.25, 0.3) is 0 Å². The van der Waals surface area contributed by atoms with E-state index in [4.69, 9.17) is 9.47 Å². The summed E-state index contributed by atoms with van der Waals surface area (Å²) in [5.74, 6) is -0.689. The van der Waals surface area contributed by atoms with Crippen LogP contribution in [-0.2, 0) is 19.1 Å². The summed E-state index contributed by atoms with van der Waals surface area (Å²) in [6.45, 7) is 4.06. The van der Waals surface area contributed by atoms with Crippen LogP contribution >= 0.6 is 0 Å². The van der Waals surface area contributed by atoms with Gasteiger partial charge in [0.2, 0.25) is 0 Å². The molecular weight excluding hydrogens is 636 g/mol. The molecule has 0 aliphatic rings. The number of allylic oxidation sites excluding steroid dienone is 10. The number of carbonyl (C=O) groups excluding carboxylic acids is 2. The molecule has 0 spiro atoms. The van der Waals surface area contributed by atoms with Gasteiger partial charge >= 0.3 is 11.9 Å². The van der Waals surface area contributed by atoms with Crippen LogP contribution in [0.5, 0.6) is 0 Å². The number of hydrogen-bond donors (Lipinski definition) is 2. The van der Waals surface area contributed by atoms with Crippen LogP contribution in [-0.4, -0.2) is 47.6 Å². The van der Waals surface area contributed by atoms with Crippen molar-refractivity contribution in [2.45, 2.75) is 187 Å². The summed E-state index contributed by atoms with van der Waals surface area (Å²) < 4.78 is 10.3. The lowest BCUT2D eigenvalue weighted by Crippen LogP contribution is -2.25. The minimum atomic E-state index is -1.01. The molecule has 0 fully saturated rings. The smallest absolute Gasteiger partial charge is 0.306 e. The zero-order valence-corrected chi connectivity index (χ0v) is 32.7. The van der Waals surface area contributed by atoms with Gasteiger partial charge in [0, 0.05) is 12.8 Å². The predicted octanol–water partition coefficient (Wildman–Crippen LogP) is 11.9. The van der Waals surface area contributed by atoms with Crippen molar-refractivity contribution in [3.05, 3.63) is 72.9 Å². The van der Waals surface area contributed by atoms with Crippen molar-refractivity contribution in [3.8, 4) is 0 Å². The van der Waals surface area contributed by atoms with E-state index in [2.05, 4.69) is 44.2 Å². The van der Waals surface area contributed by atoms with E-state index >= 15 is 0 Å². The van der Waals surface area contributed by atoms with E-state index in [0.29, 0.717) is 19.3 Å². The largest absolute Gasteiger partial charge is 0.463 e. The molecule has 0 saturated heterocycles. The molecule has 292 valence electrons. The molecule has 2 atom stereocenters. The van der Waals surface area contributed by atoms with Gasteiger partial charge in [-0.1, -0.05) is 189 Å². The Hall–Kier alpha value is -2.70. The van der Waals surface area contributed by atoms with Gasteiger partial charge in [-0.3, -0.25) is 9.59 Å². The van der Waals surface area contributed by atoms with Crippen LogP contribution in [0.2, 0.25) is 0 Å². The molecule has 0 saturated carbocycles. The van der Waals surface area contributed by atoms with Crippen molar-refractivity contribution >= 4 is 11.9 Å². The maximum absolute atomic E-state index is 12.0. The second kappa shape index (κ2) is 40.1. The Kier molecular flexibility index (Phi) is 38.0. The third kappa shape index (κ3) is 39.9. The van der Waals surface area contributed by atoms with Gasteiger partial charge in [0.1, 0.15) is 19.3 Å². The first-order valence-corrected chi connectivity index (χ1v) is 20.6. The number of unbranched alkanes of at least 4 members (excludes halogenated alkanes) is 16. The highest BCUT2D eigenvalue weighted by Gasteiger charge is 2.11. The molecule has 1 unspecified atom stereocenters. The van der Waals surface area contributed by atoms with Crippen molar-refractivity contribution in [1.29, 1.82) is 0 Å². The highest BCUT2D eigenvalue weighted by atomic mass is 16.6. The van der Waals surface area contributed by atoms with Gasteiger partial charge < -0.3 is 19.7 Å². The van der Waals surface area contributed by atoms with Crippen molar-refractivity contribution in [2.75, 3.05) is 13.2 Å². The molecule has 0 rings (SSSR count). The summed E-state index contributed by atoms with van der Waals surface area (Å²) in [6.07, 6.45) is 50.0. The molecule has 51 heavy (non-hydrogen) atoms. The van der Waals surface area contributed by atoms with E-state index in [0.717, 1.165) is 44.9 Å². The molecule has 2 N–H and O–H groups in total. The van der Waals surface area contributed by atoms with Crippen LogP contribution in [0, 0.1) is 0 Å². The average molecular weight is 713 g/mol. The van der Waals surface area contributed by atoms with E-state index < -0.39 is 12.2 Å². The number of aliphatic hydroxyl groups is 2. The standard InChI is InChI=1S/C45H76O6/c1-3-5-7-9-11-12-13-14-15-16-17-18-19-23-26-30-34-38-44(48)50-40-43(47)41-51-45(49)39-35-31-27-24-21-20-22-25-29-33-37-42(46)36-32-28-10-8-6-4-2/h6,8,20-21,25,27-29,31-33,37,42-43,46-47H,3-5,7,9-19,22-24,26,30,34-36,38-41H2,1-2H3/b8-6-,21-20-,29-25-,31-27-,32-28-,37-33+/t42?,43-/m1/s1. The van der Waals surface area contributed by atoms with Gasteiger partial charge in [0.05, 0.1) is 6.10 Å². The Morgan fingerprint density at radius 2 is 0.961 bits per heavy atom. The Bertz CT molecular complexity index is 960. The van der Waals surface area contributed by atoms with Crippen LogP contribution in [0.3, 0.4) is 0 Å². The fourth-order valence-corrected chi connectivity index (χ4v) is 5.43. The lowest BCUT2D eigenvalue weighted by molar-refractivity contribution is -0.152. The SMILES string of the molecule is CC/C=C\C/C=C\CC(O)/C=C/C=C\C/C=C\C/C=C\CCC(=O)OC[C@H](O)COC(=O)CCCCCCCCCCCCCCCCCCC. The summed E-state index contributed by atoms with van der Waals surface area (Å²) in [5.41, 5.74) is 0. The summed E-state index contributed by atoms with van der Waals surface area (Å²) in [7, 11) is 0. The quantitative estimate of drug-likeness (QED) is 0.0291. The van der Waals surface area contributed by atoms with Gasteiger partial charge in [-0.15, -0.1) is 0 Å². The summed E-state index contributed by atoms with van der Waals surface area (Å²) in [6, 6.07) is 0. The second-order valence-corrected chi connectivity index (χ2v) is 13.6. The molecule has 0 amide bonds. The van der Waals surface area contributed by atoms with Gasteiger partial charge in [0.25, 0.3) is 0 Å². The normalized spacial score (nSPS) is 13.6. The van der Waals surface area contributed by atoms with Crippen molar-refractivity contribution in [2.24, 2.45) is 0 Å². The third-order valence-corrected chi connectivity index (χ3v) is 8.55. The summed E-state index contributed by atoms with van der Waals surface area (Å²) in [5, 5.41) is 20.0. The first-order chi connectivity index (χ1) is 25.0. The number of hydrogen-bond acceptors (Lipinski definition) is 6. The Labute approximate surface area is 313 Å². The monoisotopic (exact) mass is 713 g/mol. The molecule has 0 aromatic rings. The molecule has 0 aliphatic heterocycles. The molecule has 0 radical (unpaired) electrons. The topological polar surface area (TPSA) is 93.1 Å². The number of aliphatic hydroxyl groups excluding tert-OH is 2. The maximum Gasteiger partial charge on any atom is 0.306 e. The zero-order chi connectivity index (χ0) is 37.3. The van der Waals surface area contributed by atoms with E-state index in [9.17, 15) is 19.8 Å². The summed E-state index contributed by atoms with van der Waals surface area (Å²) in [4.78, 5) is 23.9. The Balaban J connectivity index is 3.62. The van der Waals surface area contributed by atoms with E-state index in [1.807, 2.05) is 36.5 Å². The molecular formula is C45H76O6. The second-order valence-electron chi connectivity index (χ2n) is 13.6. The van der Waals surface area contributed by atoms with Gasteiger partial charge in [-0.25, -0.2) is 0 Å². The number of carbonyl (C=O) groups is 2. The van der Waals surface area contributed by atoms with Crippen molar-refractivity contribution in [3.63, 3.8) is 0 Å². The van der Waals surface area contributed by atoms with Gasteiger partial charge in [-0.05, 0) is 44.9 Å². The minimum Gasteiger partial charge on any atom is -0.463 e. The third-order valence-electron chi connectivity index (χ3n) is 8.55. The van der Waals surface area contributed by atoms with Crippen LogP contribution in [0.4, 0.5) is 0 Å². The molecule has 0 heterocycles. The van der Waals surface area contributed by atoms with Crippen LogP contribution in [0.1, 0.15) is 174 Å². The van der Waals surface area contributed by atoms with E-state index in [1.165, 1.54) is 89.9 Å². The van der Waals surface area contributed by atoms with Crippen molar-refractivity contribution in [1.82, 2.24) is 0 Å². The average Bonchev–Trinajstić information content (AvgIpc) is 3.13. The highest BCUT2D eigenvalue weighted by Crippen LogP contribution is 2.14. The lowest BCUT2D eigenvalue weighted by atomic mass is 10.0. The number of ether oxygens (including phenoxy) is 2. The van der Waals surface area contributed by atoms with Crippen molar-refractivity contribution < 1.29 is 29.3 Å². The molecule has 0 aromatic heterocycles. The first-order valence-electron chi connectivity index (χ1n) is 20.6.